The Morgan fingerprint density at radius 3 is 2.21 bits per heavy atom. The Morgan fingerprint density at radius 1 is 0.823 bits per heavy atom. The molecule has 0 saturated carbocycles. The molecule has 0 radical (unpaired) electrons. The van der Waals surface area contributed by atoms with E-state index in [-0.39, 0.29) is 37.4 Å². The van der Waals surface area contributed by atoms with Crippen molar-refractivity contribution in [3.63, 3.8) is 0 Å². The molecule has 62 heavy (non-hydrogen) atoms. The van der Waals surface area contributed by atoms with Crippen molar-refractivity contribution in [2.45, 2.75) is 84.8 Å². The Bertz CT molecular complexity index is 2280. The zero-order chi connectivity index (χ0) is 44.4. The number of aliphatic hydroxyl groups excluding tert-OH is 1. The normalized spacial score (nSPS) is 15.5. The summed E-state index contributed by atoms with van der Waals surface area (Å²) in [6.07, 6.45) is 1.76. The van der Waals surface area contributed by atoms with Crippen molar-refractivity contribution in [3.8, 4) is 11.3 Å². The number of nitrogens with one attached hydrogen (secondary N) is 3. The molecule has 5 amide bonds. The van der Waals surface area contributed by atoms with Gasteiger partial charge in [0, 0.05) is 56.1 Å². The highest BCUT2D eigenvalue weighted by atomic mass is 16.4. The molecule has 1 fully saturated rings. The molecule has 5 N–H and O–H groups in total. The topological polar surface area (TPSA) is 180 Å². The Kier molecular flexibility index (Phi) is 14.9. The van der Waals surface area contributed by atoms with E-state index < -0.39 is 41.6 Å². The van der Waals surface area contributed by atoms with E-state index in [1.807, 2.05) is 117 Å². The molecule has 0 bridgehead atoms. The van der Waals surface area contributed by atoms with Gasteiger partial charge in [-0.25, -0.2) is 14.6 Å². The number of carboxylic acid groups (broad SMARTS) is 1. The maximum atomic E-state index is 14.6. The minimum absolute atomic E-state index is 0.139. The summed E-state index contributed by atoms with van der Waals surface area (Å²) < 4.78 is 0. The Hall–Kier alpha value is -6.38. The predicted octanol–water partition coefficient (Wildman–Crippen LogP) is 6.25. The van der Waals surface area contributed by atoms with Crippen LogP contribution >= 0.6 is 0 Å². The average molecular weight is 843 g/mol. The van der Waals surface area contributed by atoms with Gasteiger partial charge in [0.2, 0.25) is 5.91 Å². The van der Waals surface area contributed by atoms with Gasteiger partial charge in [0.1, 0.15) is 12.1 Å². The smallest absolute Gasteiger partial charge is 0.405 e. The number of carbonyl (C=O) groups is 4. The molecule has 5 atom stereocenters. The number of nitrogens with zero attached hydrogens (tertiary/aromatic N) is 5. The number of hydrogen-bond donors (Lipinski definition) is 5. The van der Waals surface area contributed by atoms with E-state index in [0.717, 1.165) is 38.9 Å². The minimum Gasteiger partial charge on any atom is -0.465 e. The van der Waals surface area contributed by atoms with Gasteiger partial charge in [0.25, 0.3) is 5.91 Å². The number of aromatic nitrogens is 2. The first-order valence-electron chi connectivity index (χ1n) is 21.2. The molecule has 6 rings (SSSR count). The lowest BCUT2D eigenvalue weighted by molar-refractivity contribution is -0.132. The van der Waals surface area contributed by atoms with Crippen LogP contribution in [0.25, 0.3) is 22.2 Å². The lowest BCUT2D eigenvalue weighted by Gasteiger charge is -2.36. The molecule has 5 aromatic rings. The molecule has 3 aromatic carbocycles. The second-order valence-electron chi connectivity index (χ2n) is 17.1. The molecule has 3 heterocycles. The van der Waals surface area contributed by atoms with E-state index in [4.69, 9.17) is 0 Å². The van der Waals surface area contributed by atoms with Crippen LogP contribution in [0.5, 0.6) is 0 Å². The number of amides is 5. The fraction of sp³-hybridized carbons (Fsp3) is 0.375. The Morgan fingerprint density at radius 2 is 1.53 bits per heavy atom. The number of carbonyl (C=O) groups excluding carboxylic acids is 3. The van der Waals surface area contributed by atoms with Crippen LogP contribution in [0.2, 0.25) is 0 Å². The van der Waals surface area contributed by atoms with Gasteiger partial charge in [-0.15, -0.1) is 0 Å². The second kappa shape index (κ2) is 20.5. The van der Waals surface area contributed by atoms with Crippen LogP contribution in [0.1, 0.15) is 57.7 Å². The number of hydrogen-bond acceptors (Lipinski definition) is 8. The third-order valence-electron chi connectivity index (χ3n) is 11.5. The third-order valence-corrected chi connectivity index (χ3v) is 11.5. The monoisotopic (exact) mass is 842 g/mol. The first-order chi connectivity index (χ1) is 29.7. The summed E-state index contributed by atoms with van der Waals surface area (Å²) in [5.74, 6) is -1.20. The number of pyridine rings is 2. The predicted molar refractivity (Wildman–Crippen MR) is 238 cm³/mol. The SMILES string of the molecule is CC[C@H](C)[C@@H](C(=O)N[C@@H](Cc1ccccc1)[C@@H](O)CN(Cc1ccc(-c2ccccn2)cc1)NC(=O)[C@@H](NC(=O)O)C(C)(C)C)N1CCN(Cc2ccnc3ccccc23)C1=O. The molecule has 0 spiro atoms. The maximum absolute atomic E-state index is 14.6. The number of fused-ring (bicyclic) bond motifs is 1. The number of para-hydroxylation sites is 1. The summed E-state index contributed by atoms with van der Waals surface area (Å²) in [4.78, 5) is 66.8. The third kappa shape index (κ3) is 11.5. The van der Waals surface area contributed by atoms with Crippen LogP contribution in [0, 0.1) is 11.3 Å². The molecule has 14 heteroatoms. The van der Waals surface area contributed by atoms with E-state index in [9.17, 15) is 29.4 Å². The molecular weight excluding hydrogens is 785 g/mol. The van der Waals surface area contributed by atoms with Crippen LogP contribution in [-0.4, -0.2) is 103 Å². The van der Waals surface area contributed by atoms with Gasteiger partial charge in [-0.3, -0.25) is 25.0 Å². The van der Waals surface area contributed by atoms with Crippen molar-refractivity contribution in [2.24, 2.45) is 11.3 Å². The zero-order valence-electron chi connectivity index (χ0n) is 36.1. The number of benzene rings is 3. The van der Waals surface area contributed by atoms with E-state index in [0.29, 0.717) is 26.1 Å². The van der Waals surface area contributed by atoms with E-state index in [1.165, 1.54) is 0 Å². The first kappa shape index (κ1) is 45.2. The van der Waals surface area contributed by atoms with Crippen LogP contribution in [0.4, 0.5) is 9.59 Å². The highest BCUT2D eigenvalue weighted by molar-refractivity contribution is 5.89. The average Bonchev–Trinajstić information content (AvgIpc) is 3.61. The molecule has 1 saturated heterocycles. The highest BCUT2D eigenvalue weighted by Crippen LogP contribution is 2.26. The largest absolute Gasteiger partial charge is 0.465 e. The van der Waals surface area contributed by atoms with E-state index >= 15 is 0 Å². The molecule has 14 nitrogen and oxygen atoms in total. The Balaban J connectivity index is 1.25. The van der Waals surface area contributed by atoms with Crippen LogP contribution in [0.15, 0.2) is 116 Å². The van der Waals surface area contributed by atoms with Crippen LogP contribution in [-0.2, 0) is 29.1 Å². The summed E-state index contributed by atoms with van der Waals surface area (Å²) in [5, 5.41) is 29.8. The van der Waals surface area contributed by atoms with Crippen molar-refractivity contribution in [1.82, 2.24) is 40.8 Å². The minimum atomic E-state index is -1.34. The van der Waals surface area contributed by atoms with Gasteiger partial charge in [0.05, 0.1) is 23.4 Å². The summed E-state index contributed by atoms with van der Waals surface area (Å²) >= 11 is 0. The summed E-state index contributed by atoms with van der Waals surface area (Å²) in [6, 6.07) is 29.5. The first-order valence-corrected chi connectivity index (χ1v) is 21.2. The van der Waals surface area contributed by atoms with Crippen LogP contribution < -0.4 is 16.1 Å². The molecule has 1 aliphatic heterocycles. The fourth-order valence-electron chi connectivity index (χ4n) is 7.91. The van der Waals surface area contributed by atoms with E-state index in [2.05, 4.69) is 26.0 Å². The number of urea groups is 1. The Labute approximate surface area is 363 Å². The molecule has 0 unspecified atom stereocenters. The molecule has 2 aromatic heterocycles. The lowest BCUT2D eigenvalue weighted by atomic mass is 9.86. The molecule has 1 aliphatic rings. The number of rotatable bonds is 18. The quantitative estimate of drug-likeness (QED) is 0.0638. The van der Waals surface area contributed by atoms with Crippen molar-refractivity contribution in [2.75, 3.05) is 19.6 Å². The summed E-state index contributed by atoms with van der Waals surface area (Å²) in [5.41, 5.74) is 7.27. The molecule has 326 valence electrons. The van der Waals surface area contributed by atoms with Crippen molar-refractivity contribution < 1.29 is 29.4 Å². The zero-order valence-corrected chi connectivity index (χ0v) is 36.1. The van der Waals surface area contributed by atoms with Crippen molar-refractivity contribution in [1.29, 1.82) is 0 Å². The van der Waals surface area contributed by atoms with Gasteiger partial charge >= 0.3 is 12.1 Å². The van der Waals surface area contributed by atoms with Gasteiger partial charge in [-0.2, -0.15) is 0 Å². The van der Waals surface area contributed by atoms with Gasteiger partial charge in [0.15, 0.2) is 0 Å². The fourth-order valence-corrected chi connectivity index (χ4v) is 7.91. The van der Waals surface area contributed by atoms with Crippen molar-refractivity contribution >= 4 is 34.8 Å². The highest BCUT2D eigenvalue weighted by Gasteiger charge is 2.41. The van der Waals surface area contributed by atoms with Crippen molar-refractivity contribution in [3.05, 3.63) is 132 Å². The number of hydrazine groups is 1. The second-order valence-corrected chi connectivity index (χ2v) is 17.1. The molecular formula is C48H58N8O6. The van der Waals surface area contributed by atoms with Crippen LogP contribution in [0.3, 0.4) is 0 Å². The lowest BCUT2D eigenvalue weighted by Crippen LogP contribution is -2.60. The maximum Gasteiger partial charge on any atom is 0.405 e. The number of aliphatic hydroxyl groups is 1. The van der Waals surface area contributed by atoms with Gasteiger partial charge < -0.3 is 30.6 Å². The van der Waals surface area contributed by atoms with E-state index in [1.54, 1.807) is 48.0 Å². The van der Waals surface area contributed by atoms with Gasteiger partial charge in [-0.05, 0) is 58.7 Å². The molecule has 0 aliphatic carbocycles. The summed E-state index contributed by atoms with van der Waals surface area (Å²) in [6.45, 7) is 10.4. The summed E-state index contributed by atoms with van der Waals surface area (Å²) in [7, 11) is 0. The van der Waals surface area contributed by atoms with Gasteiger partial charge in [-0.1, -0.05) is 120 Å². The standard InChI is InChI=1S/C48H58N8O6/c1-6-32(2)42(56-27-26-54(47(56)62)30-36-23-25-50-39-18-11-10-16-37(36)39)44(58)51-40(28-33-14-8-7-9-15-33)41(57)31-55(53-45(59)43(48(3,4)5)52-46(60)61)29-34-19-21-35(22-20-34)38-17-12-13-24-49-38/h7-25,32,40-43,52,57H,6,26-31H2,1-5H3,(H,51,58)(H,53,59)(H,60,61)/t32-,40-,41-,42-,43+/m0/s1.